The third kappa shape index (κ3) is 2.68. The quantitative estimate of drug-likeness (QED) is 0.856. The molecule has 23 heavy (non-hydrogen) atoms. The summed E-state index contributed by atoms with van der Waals surface area (Å²) >= 11 is 1.71. The van der Waals surface area contributed by atoms with Crippen LogP contribution < -0.4 is 0 Å². The Hall–Kier alpha value is -1.73. The molecule has 1 amide bonds. The first-order valence-corrected chi connectivity index (χ1v) is 8.83. The fourth-order valence-electron chi connectivity index (χ4n) is 3.78. The molecule has 122 valence electrons. The molecule has 6 nitrogen and oxygen atoms in total. The van der Waals surface area contributed by atoms with Gasteiger partial charge in [-0.3, -0.25) is 14.4 Å². The highest BCUT2D eigenvalue weighted by Gasteiger charge is 2.49. The number of amides is 1. The van der Waals surface area contributed by atoms with Crippen molar-refractivity contribution in [3.05, 3.63) is 34.0 Å². The van der Waals surface area contributed by atoms with Crippen LogP contribution in [0.15, 0.2) is 17.6 Å². The van der Waals surface area contributed by atoms with E-state index in [2.05, 4.69) is 20.4 Å². The fourth-order valence-corrected chi connectivity index (χ4v) is 4.39. The first-order valence-electron chi connectivity index (χ1n) is 7.95. The number of thiazole rings is 1. The van der Waals surface area contributed by atoms with Gasteiger partial charge in [0.2, 0.25) is 0 Å². The molecule has 0 unspecified atom stereocenters. The monoisotopic (exact) mass is 331 g/mol. The molecule has 2 aliphatic heterocycles. The van der Waals surface area contributed by atoms with Crippen LogP contribution in [0.1, 0.15) is 27.6 Å². The molecule has 0 atom stereocenters. The van der Waals surface area contributed by atoms with Crippen molar-refractivity contribution in [2.24, 2.45) is 12.5 Å². The maximum Gasteiger partial charge on any atom is 0.272 e. The largest absolute Gasteiger partial charge is 0.336 e. The van der Waals surface area contributed by atoms with Gasteiger partial charge in [0, 0.05) is 50.2 Å². The summed E-state index contributed by atoms with van der Waals surface area (Å²) in [5.41, 5.74) is 2.14. The van der Waals surface area contributed by atoms with Gasteiger partial charge in [0.25, 0.3) is 5.91 Å². The third-order valence-electron chi connectivity index (χ3n) is 4.95. The van der Waals surface area contributed by atoms with E-state index in [0.29, 0.717) is 11.1 Å². The molecule has 0 radical (unpaired) electrons. The summed E-state index contributed by atoms with van der Waals surface area (Å²) in [6, 6.07) is 1.79. The number of nitrogens with zero attached hydrogens (tertiary/aromatic N) is 5. The van der Waals surface area contributed by atoms with Gasteiger partial charge in [-0.25, -0.2) is 4.98 Å². The number of carbonyl (C=O) groups excluding carboxylic acids is 1. The van der Waals surface area contributed by atoms with Crippen LogP contribution in [0.25, 0.3) is 0 Å². The Labute approximate surface area is 139 Å². The number of aryl methyl sites for hydroxylation is 2. The Morgan fingerprint density at radius 1 is 1.39 bits per heavy atom. The molecule has 7 heteroatoms. The zero-order valence-corrected chi connectivity index (χ0v) is 14.3. The predicted octanol–water partition coefficient (Wildman–Crippen LogP) is 1.53. The molecule has 2 aromatic rings. The van der Waals surface area contributed by atoms with Gasteiger partial charge in [-0.05, 0) is 26.0 Å². The van der Waals surface area contributed by atoms with E-state index in [1.165, 1.54) is 12.1 Å². The summed E-state index contributed by atoms with van der Waals surface area (Å²) in [6.45, 7) is 6.88. The lowest BCUT2D eigenvalue weighted by Gasteiger charge is -2.48. The van der Waals surface area contributed by atoms with Crippen LogP contribution in [0.5, 0.6) is 0 Å². The SMILES string of the molecule is Cc1nc(CN2CCC3(C2)CN(C(=O)c2ccnn2C)C3)cs1. The maximum absolute atomic E-state index is 12.5. The van der Waals surface area contributed by atoms with Crippen LogP contribution in [0.3, 0.4) is 0 Å². The second-order valence-electron chi connectivity index (χ2n) is 6.82. The summed E-state index contributed by atoms with van der Waals surface area (Å²) in [6.07, 6.45) is 2.85. The Balaban J connectivity index is 1.34. The van der Waals surface area contributed by atoms with Crippen LogP contribution in [0.4, 0.5) is 0 Å². The lowest BCUT2D eigenvalue weighted by Crippen LogP contribution is -2.59. The second kappa shape index (κ2) is 5.42. The van der Waals surface area contributed by atoms with E-state index in [1.807, 2.05) is 18.9 Å². The maximum atomic E-state index is 12.5. The molecular formula is C16H21N5OS. The van der Waals surface area contributed by atoms with Crippen molar-refractivity contribution in [1.29, 1.82) is 0 Å². The van der Waals surface area contributed by atoms with Crippen LogP contribution in [-0.4, -0.2) is 56.7 Å². The van der Waals surface area contributed by atoms with E-state index in [4.69, 9.17) is 0 Å². The lowest BCUT2D eigenvalue weighted by atomic mass is 9.79. The third-order valence-corrected chi connectivity index (χ3v) is 5.77. The number of hydrogen-bond acceptors (Lipinski definition) is 5. The smallest absolute Gasteiger partial charge is 0.272 e. The summed E-state index contributed by atoms with van der Waals surface area (Å²) < 4.78 is 1.65. The zero-order chi connectivity index (χ0) is 16.0. The van der Waals surface area contributed by atoms with Crippen molar-refractivity contribution < 1.29 is 4.79 Å². The fraction of sp³-hybridized carbons (Fsp3) is 0.562. The Morgan fingerprint density at radius 2 is 2.22 bits per heavy atom. The van der Waals surface area contributed by atoms with E-state index in [9.17, 15) is 4.79 Å². The second-order valence-corrected chi connectivity index (χ2v) is 7.88. The minimum absolute atomic E-state index is 0.101. The molecule has 2 aliphatic rings. The van der Waals surface area contributed by atoms with Gasteiger partial charge in [0.1, 0.15) is 5.69 Å². The molecule has 4 rings (SSSR count). The van der Waals surface area contributed by atoms with E-state index in [-0.39, 0.29) is 5.91 Å². The standard InChI is InChI=1S/C16H21N5OS/c1-12-18-13(8-23-12)7-20-6-4-16(9-20)10-21(11-16)15(22)14-3-5-17-19(14)2/h3,5,8H,4,6-7,9-11H2,1-2H3. The first-order chi connectivity index (χ1) is 11.0. The lowest BCUT2D eigenvalue weighted by molar-refractivity contribution is 0.00946. The number of aromatic nitrogens is 3. The van der Waals surface area contributed by atoms with Crippen molar-refractivity contribution in [3.63, 3.8) is 0 Å². The number of rotatable bonds is 3. The van der Waals surface area contributed by atoms with E-state index >= 15 is 0 Å². The highest BCUT2D eigenvalue weighted by molar-refractivity contribution is 7.09. The van der Waals surface area contributed by atoms with Crippen molar-refractivity contribution >= 4 is 17.2 Å². The Morgan fingerprint density at radius 3 is 2.87 bits per heavy atom. The van der Waals surface area contributed by atoms with Gasteiger partial charge in [0.15, 0.2) is 0 Å². The molecule has 1 spiro atoms. The van der Waals surface area contributed by atoms with Crippen molar-refractivity contribution in [2.45, 2.75) is 19.9 Å². The minimum atomic E-state index is 0.101. The van der Waals surface area contributed by atoms with Gasteiger partial charge < -0.3 is 4.90 Å². The first kappa shape index (κ1) is 14.8. The molecule has 0 aliphatic carbocycles. The minimum Gasteiger partial charge on any atom is -0.336 e. The van der Waals surface area contributed by atoms with E-state index in [1.54, 1.807) is 28.3 Å². The van der Waals surface area contributed by atoms with Crippen LogP contribution in [0, 0.1) is 12.3 Å². The van der Waals surface area contributed by atoms with Gasteiger partial charge in [-0.2, -0.15) is 5.10 Å². The van der Waals surface area contributed by atoms with Crippen LogP contribution in [-0.2, 0) is 13.6 Å². The molecular weight excluding hydrogens is 310 g/mol. The Bertz CT molecular complexity index is 730. The Kier molecular flexibility index (Phi) is 3.50. The van der Waals surface area contributed by atoms with Gasteiger partial charge >= 0.3 is 0 Å². The summed E-state index contributed by atoms with van der Waals surface area (Å²) in [4.78, 5) is 21.4. The van der Waals surface area contributed by atoms with Crippen molar-refractivity contribution in [1.82, 2.24) is 24.6 Å². The number of likely N-dealkylation sites (tertiary alicyclic amines) is 2. The normalized spacial score (nSPS) is 20.2. The summed E-state index contributed by atoms with van der Waals surface area (Å²) in [5.74, 6) is 0.101. The average molecular weight is 331 g/mol. The van der Waals surface area contributed by atoms with E-state index in [0.717, 1.165) is 37.7 Å². The van der Waals surface area contributed by atoms with Crippen LogP contribution >= 0.6 is 11.3 Å². The van der Waals surface area contributed by atoms with E-state index < -0.39 is 0 Å². The molecule has 0 aromatic carbocycles. The van der Waals surface area contributed by atoms with Gasteiger partial charge in [0.05, 0.1) is 10.7 Å². The molecule has 0 bridgehead atoms. The topological polar surface area (TPSA) is 54.3 Å². The molecule has 4 heterocycles. The molecule has 0 saturated carbocycles. The average Bonchev–Trinajstić information content (AvgIpc) is 3.18. The van der Waals surface area contributed by atoms with Crippen molar-refractivity contribution in [2.75, 3.05) is 26.2 Å². The zero-order valence-electron chi connectivity index (χ0n) is 13.5. The summed E-state index contributed by atoms with van der Waals surface area (Å²) in [7, 11) is 1.82. The van der Waals surface area contributed by atoms with Gasteiger partial charge in [-0.1, -0.05) is 0 Å². The van der Waals surface area contributed by atoms with Gasteiger partial charge in [-0.15, -0.1) is 11.3 Å². The van der Waals surface area contributed by atoms with Crippen molar-refractivity contribution in [3.8, 4) is 0 Å². The highest BCUT2D eigenvalue weighted by Crippen LogP contribution is 2.40. The molecule has 2 aromatic heterocycles. The number of hydrogen-bond donors (Lipinski definition) is 0. The molecule has 2 fully saturated rings. The predicted molar refractivity (Wildman–Crippen MR) is 88.3 cm³/mol. The summed E-state index contributed by atoms with van der Waals surface area (Å²) in [5, 5.41) is 7.37. The number of carbonyl (C=O) groups is 1. The highest BCUT2D eigenvalue weighted by atomic mass is 32.1. The molecule has 0 N–H and O–H groups in total. The van der Waals surface area contributed by atoms with Crippen LogP contribution in [0.2, 0.25) is 0 Å². The molecule has 2 saturated heterocycles.